The molecule has 98 valence electrons. The minimum absolute atomic E-state index is 0.244. The normalized spacial score (nSPS) is 12.2. The number of halogens is 1. The first-order chi connectivity index (χ1) is 8.46. The van der Waals surface area contributed by atoms with Gasteiger partial charge in [-0.1, -0.05) is 19.6 Å². The second kappa shape index (κ2) is 5.20. The summed E-state index contributed by atoms with van der Waals surface area (Å²) in [6.07, 6.45) is 1.69. The minimum Gasteiger partial charge on any atom is -0.361 e. The van der Waals surface area contributed by atoms with Gasteiger partial charge in [-0.3, -0.25) is 0 Å². The van der Waals surface area contributed by atoms with Crippen LogP contribution < -0.4 is 0 Å². The van der Waals surface area contributed by atoms with Crippen LogP contribution in [0.15, 0.2) is 24.5 Å². The van der Waals surface area contributed by atoms with Crippen molar-refractivity contribution in [3.63, 3.8) is 0 Å². The highest BCUT2D eigenvalue weighted by atomic mass is 28.3. The quantitative estimate of drug-likeness (QED) is 0.612. The van der Waals surface area contributed by atoms with E-state index in [-0.39, 0.29) is 5.82 Å². The molecular weight excluding hydrogens is 247 g/mol. The van der Waals surface area contributed by atoms with Gasteiger partial charge in [-0.05, 0) is 24.2 Å². The molecule has 0 aliphatic carbocycles. The van der Waals surface area contributed by atoms with Crippen molar-refractivity contribution in [2.24, 2.45) is 0 Å². The van der Waals surface area contributed by atoms with Crippen LogP contribution in [-0.2, 0) is 11.5 Å². The molecule has 0 aliphatic rings. The fraction of sp³-hybridized carbons (Fsp3) is 0.462. The van der Waals surface area contributed by atoms with E-state index in [2.05, 4.69) is 24.6 Å². The highest BCUT2D eigenvalue weighted by Crippen LogP contribution is 2.14. The number of aromatic nitrogens is 2. The molecule has 0 spiro atoms. The number of imidazole rings is 1. The number of nitrogens with zero attached hydrogens (tertiary/aromatic N) is 2. The molecule has 0 aliphatic heterocycles. The molecule has 3 nitrogen and oxygen atoms in total. The molecule has 1 aromatic heterocycles. The summed E-state index contributed by atoms with van der Waals surface area (Å²) in [6, 6.07) is 5.73. The van der Waals surface area contributed by atoms with Crippen LogP contribution in [0.25, 0.3) is 11.0 Å². The average molecular weight is 266 g/mol. The maximum absolute atomic E-state index is 13.2. The smallest absolute Gasteiger partial charge is 0.125 e. The lowest BCUT2D eigenvalue weighted by atomic mass is 10.3. The molecule has 2 rings (SSSR count). The Morgan fingerprint density at radius 3 is 2.83 bits per heavy atom. The number of benzene rings is 1. The van der Waals surface area contributed by atoms with E-state index in [1.54, 1.807) is 12.4 Å². The molecule has 0 fully saturated rings. The van der Waals surface area contributed by atoms with Crippen molar-refractivity contribution in [3.05, 3.63) is 30.3 Å². The highest BCUT2D eigenvalue weighted by Gasteiger charge is 2.12. The van der Waals surface area contributed by atoms with E-state index in [1.807, 2.05) is 4.57 Å². The van der Waals surface area contributed by atoms with E-state index in [9.17, 15) is 4.39 Å². The van der Waals surface area contributed by atoms with Crippen molar-refractivity contribution < 1.29 is 9.13 Å². The molecule has 18 heavy (non-hydrogen) atoms. The molecule has 0 saturated heterocycles. The van der Waals surface area contributed by atoms with Gasteiger partial charge < -0.3 is 9.30 Å². The van der Waals surface area contributed by atoms with Crippen LogP contribution in [0.2, 0.25) is 25.7 Å². The van der Waals surface area contributed by atoms with Gasteiger partial charge in [0.2, 0.25) is 0 Å². The summed E-state index contributed by atoms with van der Waals surface area (Å²) in [5.74, 6) is -0.244. The SMILES string of the molecule is C[Si](C)(C)CCOCn1cnc2ccc(F)cc21. The summed E-state index contributed by atoms with van der Waals surface area (Å²) in [4.78, 5) is 4.21. The molecule has 0 N–H and O–H groups in total. The second-order valence-corrected chi connectivity index (χ2v) is 11.3. The Hall–Kier alpha value is -1.20. The van der Waals surface area contributed by atoms with E-state index in [0.29, 0.717) is 6.73 Å². The largest absolute Gasteiger partial charge is 0.361 e. The van der Waals surface area contributed by atoms with Gasteiger partial charge in [0.05, 0.1) is 17.4 Å². The maximum atomic E-state index is 13.2. The number of rotatable bonds is 5. The molecule has 2 aromatic rings. The Balaban J connectivity index is 1.98. The summed E-state index contributed by atoms with van der Waals surface area (Å²) in [7, 11) is -1.05. The van der Waals surface area contributed by atoms with E-state index in [0.717, 1.165) is 23.7 Å². The lowest BCUT2D eigenvalue weighted by molar-refractivity contribution is 0.0898. The molecule has 0 unspecified atom stereocenters. The zero-order valence-electron chi connectivity index (χ0n) is 11.1. The van der Waals surface area contributed by atoms with Crippen LogP contribution >= 0.6 is 0 Å². The molecule has 0 radical (unpaired) electrons. The molecule has 0 atom stereocenters. The fourth-order valence-electron chi connectivity index (χ4n) is 1.67. The number of hydrogen-bond donors (Lipinski definition) is 0. The molecule has 5 heteroatoms. The summed E-state index contributed by atoms with van der Waals surface area (Å²) in [5, 5.41) is 0. The van der Waals surface area contributed by atoms with Crippen molar-refractivity contribution in [3.8, 4) is 0 Å². The molecule has 0 bridgehead atoms. The van der Waals surface area contributed by atoms with Crippen LogP contribution in [-0.4, -0.2) is 24.2 Å². The van der Waals surface area contributed by atoms with E-state index in [1.165, 1.54) is 12.1 Å². The van der Waals surface area contributed by atoms with Crippen molar-refractivity contribution >= 4 is 19.1 Å². The minimum atomic E-state index is -1.05. The van der Waals surface area contributed by atoms with Gasteiger partial charge in [0.15, 0.2) is 0 Å². The Morgan fingerprint density at radius 2 is 2.11 bits per heavy atom. The summed E-state index contributed by atoms with van der Waals surface area (Å²) in [6.45, 7) is 8.14. The Bertz CT molecular complexity index is 533. The third-order valence-electron chi connectivity index (χ3n) is 2.81. The Morgan fingerprint density at radius 1 is 1.33 bits per heavy atom. The maximum Gasteiger partial charge on any atom is 0.125 e. The van der Waals surface area contributed by atoms with Crippen LogP contribution in [0.3, 0.4) is 0 Å². The first-order valence-corrected chi connectivity index (χ1v) is 9.84. The van der Waals surface area contributed by atoms with Gasteiger partial charge in [0.1, 0.15) is 12.5 Å². The first-order valence-electron chi connectivity index (χ1n) is 6.14. The van der Waals surface area contributed by atoms with Gasteiger partial charge in [-0.25, -0.2) is 9.37 Å². The zero-order chi connectivity index (χ0) is 13.2. The third kappa shape index (κ3) is 3.40. The molecule has 0 saturated carbocycles. The van der Waals surface area contributed by atoms with E-state index in [4.69, 9.17) is 4.74 Å². The monoisotopic (exact) mass is 266 g/mol. The van der Waals surface area contributed by atoms with Crippen molar-refractivity contribution in [2.75, 3.05) is 6.61 Å². The Labute approximate surface area is 108 Å². The van der Waals surface area contributed by atoms with E-state index >= 15 is 0 Å². The summed E-state index contributed by atoms with van der Waals surface area (Å²) >= 11 is 0. The second-order valence-electron chi connectivity index (χ2n) is 5.70. The number of fused-ring (bicyclic) bond motifs is 1. The van der Waals surface area contributed by atoms with Crippen LogP contribution in [0, 0.1) is 5.82 Å². The van der Waals surface area contributed by atoms with Crippen LogP contribution in [0.4, 0.5) is 4.39 Å². The van der Waals surface area contributed by atoms with Gasteiger partial charge in [0, 0.05) is 14.7 Å². The lowest BCUT2D eigenvalue weighted by Crippen LogP contribution is -2.21. The summed E-state index contributed by atoms with van der Waals surface area (Å²) < 4.78 is 20.6. The van der Waals surface area contributed by atoms with Crippen molar-refractivity contribution in [1.82, 2.24) is 9.55 Å². The molecule has 1 aromatic carbocycles. The number of hydrogen-bond acceptors (Lipinski definition) is 2. The fourth-order valence-corrected chi connectivity index (χ4v) is 2.43. The van der Waals surface area contributed by atoms with Crippen molar-refractivity contribution in [1.29, 1.82) is 0 Å². The predicted octanol–water partition coefficient (Wildman–Crippen LogP) is 3.49. The third-order valence-corrected chi connectivity index (χ3v) is 4.51. The van der Waals surface area contributed by atoms with Gasteiger partial charge in [-0.15, -0.1) is 0 Å². The average Bonchev–Trinajstić information content (AvgIpc) is 2.66. The van der Waals surface area contributed by atoms with Gasteiger partial charge in [-0.2, -0.15) is 0 Å². The van der Waals surface area contributed by atoms with Gasteiger partial charge in [0.25, 0.3) is 0 Å². The standard InChI is InChI=1S/C13H19FN2OSi/c1-18(2,3)7-6-17-10-16-9-15-12-5-4-11(14)8-13(12)16/h4-5,8-9H,6-7,10H2,1-3H3. The predicted molar refractivity (Wildman–Crippen MR) is 73.8 cm³/mol. The topological polar surface area (TPSA) is 27.1 Å². The molecule has 1 heterocycles. The highest BCUT2D eigenvalue weighted by molar-refractivity contribution is 6.76. The molecular formula is C13H19FN2OSi. The van der Waals surface area contributed by atoms with Crippen LogP contribution in [0.5, 0.6) is 0 Å². The Kier molecular flexibility index (Phi) is 3.82. The lowest BCUT2D eigenvalue weighted by Gasteiger charge is -2.15. The van der Waals surface area contributed by atoms with Gasteiger partial charge >= 0.3 is 0 Å². The van der Waals surface area contributed by atoms with Crippen molar-refractivity contribution in [2.45, 2.75) is 32.4 Å². The zero-order valence-corrected chi connectivity index (χ0v) is 12.1. The molecule has 0 amide bonds. The number of ether oxygens (including phenoxy) is 1. The first kappa shape index (κ1) is 13.2. The summed E-state index contributed by atoms with van der Waals surface area (Å²) in [5.41, 5.74) is 1.58. The van der Waals surface area contributed by atoms with Crippen LogP contribution in [0.1, 0.15) is 0 Å². The van der Waals surface area contributed by atoms with E-state index < -0.39 is 8.07 Å².